The van der Waals surface area contributed by atoms with Crippen LogP contribution in [0.5, 0.6) is 0 Å². The van der Waals surface area contributed by atoms with E-state index in [0.29, 0.717) is 25.4 Å². The first-order chi connectivity index (χ1) is 6.79. The van der Waals surface area contributed by atoms with Crippen LogP contribution in [-0.4, -0.2) is 16.0 Å². The molecule has 1 aromatic rings. The highest BCUT2D eigenvalue weighted by molar-refractivity contribution is 5.03. The molecule has 1 heterocycles. The zero-order valence-corrected chi connectivity index (χ0v) is 8.19. The molecule has 4 heteroatoms. The van der Waals surface area contributed by atoms with E-state index in [0.717, 1.165) is 18.4 Å². The van der Waals surface area contributed by atoms with Crippen molar-refractivity contribution in [2.75, 3.05) is 0 Å². The van der Waals surface area contributed by atoms with Gasteiger partial charge < -0.3 is 5.73 Å². The fourth-order valence-electron chi connectivity index (χ4n) is 1.98. The van der Waals surface area contributed by atoms with Gasteiger partial charge in [-0.25, -0.2) is 4.39 Å². The van der Waals surface area contributed by atoms with Crippen LogP contribution in [0.3, 0.4) is 0 Å². The number of alkyl halides is 1. The summed E-state index contributed by atoms with van der Waals surface area (Å²) in [5, 5.41) is 4.25. The number of aromatic nitrogens is 2. The van der Waals surface area contributed by atoms with E-state index in [2.05, 4.69) is 5.10 Å². The molecule has 1 aliphatic carbocycles. The summed E-state index contributed by atoms with van der Waals surface area (Å²) in [4.78, 5) is 0. The van der Waals surface area contributed by atoms with E-state index in [4.69, 9.17) is 5.73 Å². The molecule has 0 spiro atoms. The fourth-order valence-corrected chi connectivity index (χ4v) is 1.98. The van der Waals surface area contributed by atoms with Crippen molar-refractivity contribution in [1.29, 1.82) is 0 Å². The van der Waals surface area contributed by atoms with E-state index in [1.54, 1.807) is 6.20 Å². The number of nitrogens with zero attached hydrogens (tertiary/aromatic N) is 2. The van der Waals surface area contributed by atoms with Crippen molar-refractivity contribution >= 4 is 0 Å². The standard InChI is InChI=1S/C10H16FN3/c11-9-1-3-10(4-2-9)14-7-8(5-12)6-13-14/h6-7,9-10H,1-5,12H2. The van der Waals surface area contributed by atoms with Gasteiger partial charge in [0.25, 0.3) is 0 Å². The highest BCUT2D eigenvalue weighted by Gasteiger charge is 2.22. The number of rotatable bonds is 2. The lowest BCUT2D eigenvalue weighted by Gasteiger charge is -2.24. The first-order valence-electron chi connectivity index (χ1n) is 5.16. The number of nitrogens with two attached hydrogens (primary N) is 1. The molecule has 1 saturated carbocycles. The normalized spacial score (nSPS) is 27.9. The van der Waals surface area contributed by atoms with Crippen molar-refractivity contribution in [3.63, 3.8) is 0 Å². The summed E-state index contributed by atoms with van der Waals surface area (Å²) in [6.07, 6.45) is 6.30. The van der Waals surface area contributed by atoms with Gasteiger partial charge in [0, 0.05) is 18.3 Å². The van der Waals surface area contributed by atoms with Crippen LogP contribution >= 0.6 is 0 Å². The Kier molecular flexibility index (Phi) is 2.82. The lowest BCUT2D eigenvalue weighted by Crippen LogP contribution is -2.19. The molecule has 1 aromatic heterocycles. The van der Waals surface area contributed by atoms with Gasteiger partial charge >= 0.3 is 0 Å². The highest BCUT2D eigenvalue weighted by atomic mass is 19.1. The van der Waals surface area contributed by atoms with Crippen LogP contribution in [0.15, 0.2) is 12.4 Å². The van der Waals surface area contributed by atoms with Crippen LogP contribution in [0.2, 0.25) is 0 Å². The van der Waals surface area contributed by atoms with E-state index in [-0.39, 0.29) is 0 Å². The van der Waals surface area contributed by atoms with Gasteiger partial charge in [-0.2, -0.15) is 5.10 Å². The first-order valence-corrected chi connectivity index (χ1v) is 5.16. The second-order valence-electron chi connectivity index (χ2n) is 3.94. The smallest absolute Gasteiger partial charge is 0.100 e. The summed E-state index contributed by atoms with van der Waals surface area (Å²) in [6, 6.07) is 0.377. The molecule has 0 atom stereocenters. The Hall–Kier alpha value is -0.900. The summed E-state index contributed by atoms with van der Waals surface area (Å²) in [5.74, 6) is 0. The van der Waals surface area contributed by atoms with Crippen molar-refractivity contribution in [2.24, 2.45) is 5.73 Å². The van der Waals surface area contributed by atoms with E-state index in [1.807, 2.05) is 10.9 Å². The average molecular weight is 197 g/mol. The molecule has 14 heavy (non-hydrogen) atoms. The molecule has 0 radical (unpaired) electrons. The number of hydrogen-bond acceptors (Lipinski definition) is 2. The van der Waals surface area contributed by atoms with Crippen LogP contribution < -0.4 is 5.73 Å². The van der Waals surface area contributed by atoms with Crippen LogP contribution in [0, 0.1) is 0 Å². The molecule has 0 aliphatic heterocycles. The van der Waals surface area contributed by atoms with Gasteiger partial charge in [0.1, 0.15) is 6.17 Å². The third-order valence-electron chi connectivity index (χ3n) is 2.89. The van der Waals surface area contributed by atoms with E-state index in [1.165, 1.54) is 0 Å². The Bertz CT molecular complexity index is 289. The third-order valence-corrected chi connectivity index (χ3v) is 2.89. The van der Waals surface area contributed by atoms with Crippen LogP contribution in [-0.2, 0) is 6.54 Å². The highest BCUT2D eigenvalue weighted by Crippen LogP contribution is 2.29. The Balaban J connectivity index is 2.01. The Morgan fingerprint density at radius 2 is 2.14 bits per heavy atom. The molecular weight excluding hydrogens is 181 g/mol. The quantitative estimate of drug-likeness (QED) is 0.785. The molecule has 1 aliphatic rings. The molecule has 0 unspecified atom stereocenters. The first kappa shape index (κ1) is 9.65. The van der Waals surface area contributed by atoms with Gasteiger partial charge in [0.15, 0.2) is 0 Å². The Morgan fingerprint density at radius 3 is 2.71 bits per heavy atom. The van der Waals surface area contributed by atoms with Gasteiger partial charge in [0.2, 0.25) is 0 Å². The number of hydrogen-bond donors (Lipinski definition) is 1. The topological polar surface area (TPSA) is 43.8 Å². The SMILES string of the molecule is NCc1cnn(C2CCC(F)CC2)c1. The average Bonchev–Trinajstić information content (AvgIpc) is 2.67. The lowest BCUT2D eigenvalue weighted by molar-refractivity contribution is 0.201. The minimum absolute atomic E-state index is 0.377. The molecular formula is C10H16FN3. The second-order valence-corrected chi connectivity index (χ2v) is 3.94. The monoisotopic (exact) mass is 197 g/mol. The Morgan fingerprint density at radius 1 is 1.43 bits per heavy atom. The lowest BCUT2D eigenvalue weighted by atomic mass is 9.94. The second kappa shape index (κ2) is 4.09. The predicted molar refractivity (Wildman–Crippen MR) is 52.5 cm³/mol. The molecule has 3 nitrogen and oxygen atoms in total. The van der Waals surface area contributed by atoms with Crippen molar-refractivity contribution < 1.29 is 4.39 Å². The Labute approximate surface area is 83.1 Å². The summed E-state index contributed by atoms with van der Waals surface area (Å²) >= 11 is 0. The predicted octanol–water partition coefficient (Wildman–Crippen LogP) is 1.79. The summed E-state index contributed by atoms with van der Waals surface area (Å²) in [7, 11) is 0. The maximum Gasteiger partial charge on any atom is 0.100 e. The van der Waals surface area contributed by atoms with Crippen molar-refractivity contribution in [3.05, 3.63) is 18.0 Å². The maximum absolute atomic E-state index is 12.9. The van der Waals surface area contributed by atoms with Gasteiger partial charge in [-0.15, -0.1) is 0 Å². The van der Waals surface area contributed by atoms with Gasteiger partial charge in [-0.3, -0.25) is 4.68 Å². The van der Waals surface area contributed by atoms with Crippen molar-refractivity contribution in [3.8, 4) is 0 Å². The van der Waals surface area contributed by atoms with Gasteiger partial charge in [0.05, 0.1) is 12.2 Å². The molecule has 1 fully saturated rings. The minimum Gasteiger partial charge on any atom is -0.326 e. The fraction of sp³-hybridized carbons (Fsp3) is 0.700. The maximum atomic E-state index is 12.9. The minimum atomic E-state index is -0.601. The number of halogens is 1. The zero-order valence-electron chi connectivity index (χ0n) is 8.19. The third kappa shape index (κ3) is 1.95. The van der Waals surface area contributed by atoms with E-state index >= 15 is 0 Å². The molecule has 2 rings (SSSR count). The zero-order chi connectivity index (χ0) is 9.97. The van der Waals surface area contributed by atoms with E-state index < -0.39 is 6.17 Å². The van der Waals surface area contributed by atoms with Crippen LogP contribution in [0.1, 0.15) is 37.3 Å². The van der Waals surface area contributed by atoms with Gasteiger partial charge in [-0.05, 0) is 25.7 Å². The summed E-state index contributed by atoms with van der Waals surface area (Å²) in [6.45, 7) is 0.526. The molecule has 0 bridgehead atoms. The largest absolute Gasteiger partial charge is 0.326 e. The summed E-state index contributed by atoms with van der Waals surface area (Å²) in [5.41, 5.74) is 6.55. The van der Waals surface area contributed by atoms with Gasteiger partial charge in [-0.1, -0.05) is 0 Å². The van der Waals surface area contributed by atoms with Crippen LogP contribution in [0.4, 0.5) is 4.39 Å². The van der Waals surface area contributed by atoms with E-state index in [9.17, 15) is 4.39 Å². The van der Waals surface area contributed by atoms with Crippen molar-refractivity contribution in [1.82, 2.24) is 9.78 Å². The molecule has 0 aromatic carbocycles. The van der Waals surface area contributed by atoms with Crippen molar-refractivity contribution in [2.45, 2.75) is 44.4 Å². The van der Waals surface area contributed by atoms with Crippen LogP contribution in [0.25, 0.3) is 0 Å². The molecule has 0 saturated heterocycles. The summed E-state index contributed by atoms with van der Waals surface area (Å²) < 4.78 is 14.8. The molecule has 2 N–H and O–H groups in total. The molecule has 0 amide bonds. The molecule has 78 valence electrons.